The van der Waals surface area contributed by atoms with E-state index in [9.17, 15) is 9.59 Å². The van der Waals surface area contributed by atoms with Crippen molar-refractivity contribution in [2.24, 2.45) is 0 Å². The van der Waals surface area contributed by atoms with E-state index in [0.29, 0.717) is 44.2 Å². The van der Waals surface area contributed by atoms with E-state index in [0.717, 1.165) is 24.8 Å². The van der Waals surface area contributed by atoms with Gasteiger partial charge in [-0.15, -0.1) is 0 Å². The van der Waals surface area contributed by atoms with Gasteiger partial charge in [0.05, 0.1) is 18.8 Å². The van der Waals surface area contributed by atoms with Crippen molar-refractivity contribution in [1.82, 2.24) is 24.6 Å². The maximum Gasteiger partial charge on any atom is 0.274 e. The van der Waals surface area contributed by atoms with Gasteiger partial charge < -0.3 is 19.5 Å². The third-order valence-electron chi connectivity index (χ3n) is 7.07. The molecule has 1 spiro atoms. The fourth-order valence-electron chi connectivity index (χ4n) is 5.30. The number of likely N-dealkylation sites (N-methyl/N-ethyl adjacent to an activating group) is 1. The van der Waals surface area contributed by atoms with Crippen LogP contribution in [-0.4, -0.2) is 69.7 Å². The maximum atomic E-state index is 13.1. The van der Waals surface area contributed by atoms with Crippen LogP contribution < -0.4 is 0 Å². The van der Waals surface area contributed by atoms with Gasteiger partial charge in [-0.2, -0.15) is 5.10 Å². The lowest BCUT2D eigenvalue weighted by atomic mass is 9.83. The lowest BCUT2D eigenvalue weighted by molar-refractivity contribution is -0.0958. The molecule has 0 saturated carbocycles. The van der Waals surface area contributed by atoms with Crippen LogP contribution in [0.5, 0.6) is 0 Å². The highest BCUT2D eigenvalue weighted by Gasteiger charge is 2.44. The predicted molar refractivity (Wildman–Crippen MR) is 114 cm³/mol. The quantitative estimate of drug-likeness (QED) is 0.655. The maximum absolute atomic E-state index is 13.1. The van der Waals surface area contributed by atoms with Crippen LogP contribution in [0.2, 0.25) is 0 Å². The summed E-state index contributed by atoms with van der Waals surface area (Å²) in [6.45, 7) is 3.13. The number of nitrogens with one attached hydrogen (secondary N) is 1. The summed E-state index contributed by atoms with van der Waals surface area (Å²) in [6.07, 6.45) is 2.40. The van der Waals surface area contributed by atoms with E-state index in [-0.39, 0.29) is 17.4 Å². The zero-order chi connectivity index (χ0) is 21.2. The molecule has 0 radical (unpaired) electrons. The Morgan fingerprint density at radius 1 is 1.16 bits per heavy atom. The Kier molecular flexibility index (Phi) is 4.02. The van der Waals surface area contributed by atoms with Crippen LogP contribution in [0.15, 0.2) is 30.3 Å². The summed E-state index contributed by atoms with van der Waals surface area (Å²) in [5, 5.41) is 5.69. The smallest absolute Gasteiger partial charge is 0.274 e. The number of para-hydroxylation sites is 1. The number of benzene rings is 1. The minimum atomic E-state index is -0.366. The molecule has 1 fully saturated rings. The number of carbonyl (C=O) groups is 2. The first-order chi connectivity index (χ1) is 15.1. The summed E-state index contributed by atoms with van der Waals surface area (Å²) in [5.74, 6) is -0.197. The Labute approximate surface area is 179 Å². The number of fused-ring (bicyclic) bond motifs is 5. The predicted octanol–water partition coefficient (Wildman–Crippen LogP) is 2.15. The van der Waals surface area contributed by atoms with Crippen LogP contribution in [0.3, 0.4) is 0 Å². The van der Waals surface area contributed by atoms with Crippen LogP contribution in [0.4, 0.5) is 0 Å². The zero-order valence-electron chi connectivity index (χ0n) is 17.6. The van der Waals surface area contributed by atoms with Gasteiger partial charge in [0.25, 0.3) is 11.8 Å². The van der Waals surface area contributed by atoms with Gasteiger partial charge in [-0.3, -0.25) is 14.3 Å². The topological polar surface area (TPSA) is 83.5 Å². The van der Waals surface area contributed by atoms with Crippen LogP contribution in [0, 0.1) is 0 Å². The average Bonchev–Trinajstić information content (AvgIpc) is 3.40. The van der Waals surface area contributed by atoms with Crippen LogP contribution in [0.1, 0.15) is 45.1 Å². The highest BCUT2D eigenvalue weighted by Crippen LogP contribution is 2.43. The second kappa shape index (κ2) is 6.68. The van der Waals surface area contributed by atoms with Gasteiger partial charge in [0.15, 0.2) is 5.69 Å². The molecule has 6 rings (SSSR count). The Hall–Kier alpha value is -3.13. The number of H-pyrrole nitrogens is 1. The van der Waals surface area contributed by atoms with E-state index in [2.05, 4.69) is 28.3 Å². The molecule has 0 atom stereocenters. The van der Waals surface area contributed by atoms with Crippen LogP contribution in [-0.2, 0) is 23.3 Å². The van der Waals surface area contributed by atoms with E-state index < -0.39 is 0 Å². The number of hydrogen-bond acceptors (Lipinski definition) is 4. The van der Waals surface area contributed by atoms with E-state index in [1.165, 1.54) is 16.6 Å². The Balaban J connectivity index is 1.24. The van der Waals surface area contributed by atoms with Gasteiger partial charge in [-0.25, -0.2) is 0 Å². The van der Waals surface area contributed by atoms with E-state index in [1.54, 1.807) is 22.7 Å². The van der Waals surface area contributed by atoms with Crippen molar-refractivity contribution in [2.75, 3.05) is 33.3 Å². The molecular weight excluding hydrogens is 394 g/mol. The number of ether oxygens (including phenoxy) is 1. The first-order valence-electron chi connectivity index (χ1n) is 10.9. The third kappa shape index (κ3) is 2.74. The summed E-state index contributed by atoms with van der Waals surface area (Å²) in [7, 11) is 1.77. The molecule has 8 nitrogen and oxygen atoms in total. The Morgan fingerprint density at radius 2 is 1.97 bits per heavy atom. The summed E-state index contributed by atoms with van der Waals surface area (Å²) in [6, 6.07) is 10.0. The van der Waals surface area contributed by atoms with Crippen LogP contribution >= 0.6 is 0 Å². The van der Waals surface area contributed by atoms with Crippen molar-refractivity contribution in [3.05, 3.63) is 53.0 Å². The lowest BCUT2D eigenvalue weighted by Crippen LogP contribution is -2.48. The van der Waals surface area contributed by atoms with Crippen molar-refractivity contribution in [3.63, 3.8) is 0 Å². The molecule has 1 saturated heterocycles. The number of rotatable bonds is 1. The number of hydrogen-bond donors (Lipinski definition) is 1. The van der Waals surface area contributed by atoms with Crippen molar-refractivity contribution in [1.29, 1.82) is 0 Å². The summed E-state index contributed by atoms with van der Waals surface area (Å²) < 4.78 is 8.00. The van der Waals surface area contributed by atoms with Gasteiger partial charge in [0, 0.05) is 43.7 Å². The second-order valence-electron chi connectivity index (χ2n) is 8.77. The lowest BCUT2D eigenvalue weighted by Gasteiger charge is -2.43. The minimum Gasteiger partial charge on any atom is -0.368 e. The molecule has 1 N–H and O–H groups in total. The number of carbonyl (C=O) groups excluding carboxylic acids is 2. The second-order valence-corrected chi connectivity index (χ2v) is 8.77. The molecule has 0 aliphatic carbocycles. The molecule has 5 heterocycles. The fraction of sp³-hybridized carbons (Fsp3) is 0.435. The number of nitrogens with zero attached hydrogens (tertiary/aromatic N) is 4. The first kappa shape index (κ1) is 18.6. The van der Waals surface area contributed by atoms with Gasteiger partial charge in [-0.05, 0) is 30.9 Å². The van der Waals surface area contributed by atoms with Crippen LogP contribution in [0.25, 0.3) is 10.9 Å². The van der Waals surface area contributed by atoms with E-state index >= 15 is 0 Å². The van der Waals surface area contributed by atoms with E-state index in [4.69, 9.17) is 4.74 Å². The average molecular weight is 419 g/mol. The Bertz CT molecular complexity index is 1200. The van der Waals surface area contributed by atoms with Gasteiger partial charge in [0.1, 0.15) is 11.3 Å². The molecule has 8 heteroatoms. The monoisotopic (exact) mass is 419 g/mol. The number of amides is 2. The number of aromatic nitrogens is 3. The summed E-state index contributed by atoms with van der Waals surface area (Å²) in [4.78, 5) is 32.6. The normalized spacial score (nSPS) is 20.2. The molecule has 0 bridgehead atoms. The zero-order valence-corrected chi connectivity index (χ0v) is 17.6. The van der Waals surface area contributed by atoms with E-state index in [1.807, 2.05) is 11.0 Å². The molecule has 31 heavy (non-hydrogen) atoms. The molecule has 3 aromatic rings. The molecule has 3 aliphatic heterocycles. The van der Waals surface area contributed by atoms with Gasteiger partial charge >= 0.3 is 0 Å². The molecule has 1 aromatic carbocycles. The molecule has 2 amide bonds. The van der Waals surface area contributed by atoms with Gasteiger partial charge in [0.2, 0.25) is 0 Å². The van der Waals surface area contributed by atoms with Crippen molar-refractivity contribution in [3.8, 4) is 0 Å². The minimum absolute atomic E-state index is 0.0858. The molecule has 3 aliphatic rings. The summed E-state index contributed by atoms with van der Waals surface area (Å²) >= 11 is 0. The summed E-state index contributed by atoms with van der Waals surface area (Å²) in [5.41, 5.74) is 4.16. The van der Waals surface area contributed by atoms with Gasteiger partial charge in [-0.1, -0.05) is 18.2 Å². The number of aromatic amines is 1. The van der Waals surface area contributed by atoms with Crippen molar-refractivity contribution < 1.29 is 14.3 Å². The number of likely N-dealkylation sites (tertiary alicyclic amines) is 1. The molecule has 0 unspecified atom stereocenters. The highest BCUT2D eigenvalue weighted by molar-refractivity contribution is 5.98. The Morgan fingerprint density at radius 3 is 2.81 bits per heavy atom. The highest BCUT2D eigenvalue weighted by atomic mass is 16.5. The molecule has 160 valence electrons. The van der Waals surface area contributed by atoms with Crippen molar-refractivity contribution in [2.45, 2.75) is 31.4 Å². The van der Waals surface area contributed by atoms with Crippen molar-refractivity contribution >= 4 is 22.7 Å². The SMILES string of the molecule is CN1CCn2nc(C(=O)N3CCC4(CC3)OCCc3c4[nH]c4ccccc34)cc2C1=O. The largest absolute Gasteiger partial charge is 0.368 e. The number of piperidine rings is 1. The molecular formula is C23H25N5O3. The first-order valence-corrected chi connectivity index (χ1v) is 10.9. The third-order valence-corrected chi connectivity index (χ3v) is 7.07. The fourth-order valence-corrected chi connectivity index (χ4v) is 5.30. The molecule has 2 aromatic heterocycles. The standard InChI is InChI=1S/C23H25N5O3/c1-26-11-12-28-19(22(26)30)14-18(25-28)21(29)27-9-7-23(8-10-27)20-16(6-13-31-23)15-4-2-3-5-17(15)24-20/h2-5,14,24H,6-13H2,1H3.